The minimum atomic E-state index is -0.342. The van der Waals surface area contributed by atoms with E-state index >= 15 is 0 Å². The summed E-state index contributed by atoms with van der Waals surface area (Å²) in [6.07, 6.45) is 0.835. The first-order valence-electron chi connectivity index (χ1n) is 8.82. The summed E-state index contributed by atoms with van der Waals surface area (Å²) in [5.74, 6) is 0.558. The van der Waals surface area contributed by atoms with Crippen LogP contribution in [0.2, 0.25) is 5.02 Å². The molecule has 140 valence electrons. The Morgan fingerprint density at radius 1 is 1.00 bits per heavy atom. The summed E-state index contributed by atoms with van der Waals surface area (Å²) in [5, 5.41) is 0.580. The fourth-order valence-corrected chi connectivity index (χ4v) is 3.83. The van der Waals surface area contributed by atoms with Crippen molar-refractivity contribution in [2.75, 3.05) is 17.3 Å². The molecular formula is C21H20ClNO3S. The molecule has 0 N–H and O–H groups in total. The second-order valence-corrected chi connectivity index (χ2v) is 7.62. The molecule has 2 amide bonds. The third-order valence-electron chi connectivity index (χ3n) is 4.03. The quantitative estimate of drug-likeness (QED) is 0.600. The lowest BCUT2D eigenvalue weighted by Gasteiger charge is -2.19. The minimum Gasteiger partial charge on any atom is -0.491 e. The van der Waals surface area contributed by atoms with E-state index in [9.17, 15) is 9.59 Å². The van der Waals surface area contributed by atoms with Gasteiger partial charge in [-0.25, -0.2) is 4.90 Å². The van der Waals surface area contributed by atoms with E-state index in [0.717, 1.165) is 6.42 Å². The maximum absolute atomic E-state index is 13.3. The van der Waals surface area contributed by atoms with Gasteiger partial charge in [-0.2, -0.15) is 0 Å². The molecule has 0 bridgehead atoms. The van der Waals surface area contributed by atoms with Crippen molar-refractivity contribution in [3.8, 4) is 5.75 Å². The molecule has 0 saturated carbocycles. The van der Waals surface area contributed by atoms with Gasteiger partial charge in [0, 0.05) is 5.02 Å². The van der Waals surface area contributed by atoms with Crippen molar-refractivity contribution in [1.82, 2.24) is 0 Å². The SMILES string of the molecule is CCCOc1ccccc1N1C(=O)C(SCC)=C(c2ccc(Cl)cc2)C1=O. The summed E-state index contributed by atoms with van der Waals surface area (Å²) in [7, 11) is 0. The molecule has 27 heavy (non-hydrogen) atoms. The number of hydrogen-bond acceptors (Lipinski definition) is 4. The minimum absolute atomic E-state index is 0.315. The number of imide groups is 1. The average Bonchev–Trinajstić information content (AvgIpc) is 2.91. The lowest BCUT2D eigenvalue weighted by Crippen LogP contribution is -2.31. The third-order valence-corrected chi connectivity index (χ3v) is 5.24. The predicted molar refractivity (Wildman–Crippen MR) is 111 cm³/mol. The number of hydrogen-bond donors (Lipinski definition) is 0. The zero-order valence-electron chi connectivity index (χ0n) is 15.2. The van der Waals surface area contributed by atoms with Crippen LogP contribution in [0.4, 0.5) is 5.69 Å². The fourth-order valence-electron chi connectivity index (χ4n) is 2.85. The topological polar surface area (TPSA) is 46.6 Å². The van der Waals surface area contributed by atoms with E-state index in [-0.39, 0.29) is 11.8 Å². The monoisotopic (exact) mass is 401 g/mol. The number of amides is 2. The molecular weight excluding hydrogens is 382 g/mol. The van der Waals surface area contributed by atoms with Gasteiger partial charge < -0.3 is 4.74 Å². The van der Waals surface area contributed by atoms with E-state index in [2.05, 4.69) is 0 Å². The van der Waals surface area contributed by atoms with Gasteiger partial charge in [0.25, 0.3) is 11.8 Å². The first kappa shape index (κ1) is 19.5. The van der Waals surface area contributed by atoms with Crippen LogP contribution in [0.15, 0.2) is 53.4 Å². The molecule has 0 saturated heterocycles. The second-order valence-electron chi connectivity index (χ2n) is 5.91. The van der Waals surface area contributed by atoms with Gasteiger partial charge in [-0.15, -0.1) is 11.8 Å². The van der Waals surface area contributed by atoms with Crippen LogP contribution < -0.4 is 9.64 Å². The highest BCUT2D eigenvalue weighted by Crippen LogP contribution is 2.41. The van der Waals surface area contributed by atoms with Crippen molar-refractivity contribution in [3.05, 3.63) is 64.0 Å². The summed E-state index contributed by atoms with van der Waals surface area (Å²) in [6, 6.07) is 14.1. The number of carbonyl (C=O) groups is 2. The van der Waals surface area contributed by atoms with Gasteiger partial charge in [0.05, 0.1) is 22.8 Å². The Kier molecular flexibility index (Phi) is 6.24. The molecule has 0 spiro atoms. The zero-order chi connectivity index (χ0) is 19.4. The molecule has 1 heterocycles. The number of rotatable bonds is 7. The lowest BCUT2D eigenvalue weighted by atomic mass is 10.1. The van der Waals surface area contributed by atoms with Crippen LogP contribution in [0.25, 0.3) is 5.57 Å². The van der Waals surface area contributed by atoms with Gasteiger partial charge in [0.15, 0.2) is 0 Å². The first-order valence-corrected chi connectivity index (χ1v) is 10.2. The summed E-state index contributed by atoms with van der Waals surface area (Å²) in [4.78, 5) is 28.1. The van der Waals surface area contributed by atoms with Crippen molar-refractivity contribution in [2.24, 2.45) is 0 Å². The Balaban J connectivity index is 2.06. The molecule has 2 aromatic carbocycles. The van der Waals surface area contributed by atoms with Crippen LogP contribution in [0.1, 0.15) is 25.8 Å². The predicted octanol–water partition coefficient (Wildman–Crippen LogP) is 5.17. The number of para-hydroxylation sites is 2. The number of halogens is 1. The summed E-state index contributed by atoms with van der Waals surface area (Å²) in [6.45, 7) is 4.47. The molecule has 2 aromatic rings. The fraction of sp³-hybridized carbons (Fsp3) is 0.238. The number of thioether (sulfide) groups is 1. The lowest BCUT2D eigenvalue weighted by molar-refractivity contribution is -0.119. The maximum atomic E-state index is 13.3. The van der Waals surface area contributed by atoms with Gasteiger partial charge in [-0.3, -0.25) is 9.59 Å². The highest BCUT2D eigenvalue weighted by Gasteiger charge is 2.41. The van der Waals surface area contributed by atoms with Crippen molar-refractivity contribution in [1.29, 1.82) is 0 Å². The highest BCUT2D eigenvalue weighted by molar-refractivity contribution is 8.04. The molecule has 0 aromatic heterocycles. The number of anilines is 1. The van der Waals surface area contributed by atoms with E-state index in [1.54, 1.807) is 42.5 Å². The molecule has 1 aliphatic rings. The molecule has 0 aliphatic carbocycles. The Labute approximate surface area is 168 Å². The van der Waals surface area contributed by atoms with Gasteiger partial charge in [0.2, 0.25) is 0 Å². The molecule has 0 radical (unpaired) electrons. The first-order chi connectivity index (χ1) is 13.1. The Bertz CT molecular complexity index is 893. The van der Waals surface area contributed by atoms with Crippen LogP contribution in [0, 0.1) is 0 Å². The van der Waals surface area contributed by atoms with E-state index < -0.39 is 0 Å². The van der Waals surface area contributed by atoms with Crippen molar-refractivity contribution in [3.63, 3.8) is 0 Å². The Morgan fingerprint density at radius 2 is 1.70 bits per heavy atom. The van der Waals surface area contributed by atoms with Crippen LogP contribution in [0.3, 0.4) is 0 Å². The van der Waals surface area contributed by atoms with Crippen molar-refractivity contribution >= 4 is 46.4 Å². The second kappa shape index (κ2) is 8.63. The number of carbonyl (C=O) groups excluding carboxylic acids is 2. The summed E-state index contributed by atoms with van der Waals surface area (Å²) in [5.41, 5.74) is 1.57. The van der Waals surface area contributed by atoms with Gasteiger partial charge in [0.1, 0.15) is 5.75 Å². The van der Waals surface area contributed by atoms with E-state index in [4.69, 9.17) is 16.3 Å². The molecule has 1 aliphatic heterocycles. The number of nitrogens with zero attached hydrogens (tertiary/aromatic N) is 1. The van der Waals surface area contributed by atoms with Crippen LogP contribution >= 0.6 is 23.4 Å². The van der Waals surface area contributed by atoms with Gasteiger partial charge in [-0.1, -0.05) is 49.7 Å². The summed E-state index contributed by atoms with van der Waals surface area (Å²) >= 11 is 7.35. The smallest absolute Gasteiger partial charge is 0.272 e. The number of benzene rings is 2. The molecule has 0 atom stereocenters. The Morgan fingerprint density at radius 3 is 2.37 bits per heavy atom. The largest absolute Gasteiger partial charge is 0.491 e. The third kappa shape index (κ3) is 3.89. The molecule has 6 heteroatoms. The van der Waals surface area contributed by atoms with Crippen molar-refractivity contribution in [2.45, 2.75) is 20.3 Å². The van der Waals surface area contributed by atoms with Gasteiger partial charge in [-0.05, 0) is 42.0 Å². The van der Waals surface area contributed by atoms with E-state index in [1.807, 2.05) is 19.9 Å². The van der Waals surface area contributed by atoms with Gasteiger partial charge >= 0.3 is 0 Å². The normalized spacial score (nSPS) is 14.3. The molecule has 4 nitrogen and oxygen atoms in total. The van der Waals surface area contributed by atoms with Crippen LogP contribution in [-0.2, 0) is 9.59 Å². The van der Waals surface area contributed by atoms with Crippen LogP contribution in [-0.4, -0.2) is 24.2 Å². The van der Waals surface area contributed by atoms with Crippen molar-refractivity contribution < 1.29 is 14.3 Å². The maximum Gasteiger partial charge on any atom is 0.272 e. The van der Waals surface area contributed by atoms with E-state index in [0.29, 0.717) is 44.9 Å². The average molecular weight is 402 g/mol. The number of ether oxygens (including phenoxy) is 1. The summed E-state index contributed by atoms with van der Waals surface area (Å²) < 4.78 is 5.76. The molecule has 3 rings (SSSR count). The highest BCUT2D eigenvalue weighted by atomic mass is 35.5. The van der Waals surface area contributed by atoms with Crippen LogP contribution in [0.5, 0.6) is 5.75 Å². The Hall–Kier alpha value is -2.24. The molecule has 0 fully saturated rings. The molecule has 0 unspecified atom stereocenters. The standard InChI is InChI=1S/C21H20ClNO3S/c1-3-13-26-17-8-6-5-7-16(17)23-20(24)18(19(21(23)25)27-4-2)14-9-11-15(22)12-10-14/h5-12H,3-4,13H2,1-2H3. The van der Waals surface area contributed by atoms with E-state index in [1.165, 1.54) is 16.7 Å². The zero-order valence-corrected chi connectivity index (χ0v) is 16.8.